The zero-order valence-corrected chi connectivity index (χ0v) is 13.0. The molecule has 1 unspecified atom stereocenters. The first-order valence-corrected chi connectivity index (χ1v) is 7.33. The summed E-state index contributed by atoms with van der Waals surface area (Å²) in [5.41, 5.74) is 0.958. The van der Waals surface area contributed by atoms with Crippen molar-refractivity contribution < 1.29 is 4.79 Å². The number of pyridine rings is 1. The molecule has 0 saturated carbocycles. The summed E-state index contributed by atoms with van der Waals surface area (Å²) in [5.74, 6) is 0.256. The largest absolute Gasteiger partial charge is 0.340 e. The smallest absolute Gasteiger partial charge is 0.228 e. The summed E-state index contributed by atoms with van der Waals surface area (Å²) in [5, 5.41) is 0. The van der Waals surface area contributed by atoms with Gasteiger partial charge in [0.2, 0.25) is 5.91 Å². The van der Waals surface area contributed by atoms with Crippen molar-refractivity contribution in [3.63, 3.8) is 0 Å². The standard InChI is InChI=1S/C16H25N3O/c1-13(14-6-5-7-17-12-14)18-8-10-19(11-9-18)15(20)16(2,3)4/h5-7,12-13H,8-11H2,1-4H3. The third kappa shape index (κ3) is 3.37. The second-order valence-corrected chi connectivity index (χ2v) is 6.54. The van der Waals surface area contributed by atoms with E-state index in [0.717, 1.165) is 26.2 Å². The maximum Gasteiger partial charge on any atom is 0.228 e. The molecule has 0 aromatic carbocycles. The average Bonchev–Trinajstić information content (AvgIpc) is 2.46. The van der Waals surface area contributed by atoms with Crippen LogP contribution in [0, 0.1) is 5.41 Å². The number of rotatable bonds is 2. The number of carbonyl (C=O) groups excluding carboxylic acids is 1. The number of piperazine rings is 1. The van der Waals surface area contributed by atoms with Crippen molar-refractivity contribution in [3.8, 4) is 0 Å². The second-order valence-electron chi connectivity index (χ2n) is 6.54. The minimum absolute atomic E-state index is 0.256. The van der Waals surface area contributed by atoms with Crippen molar-refractivity contribution in [2.45, 2.75) is 33.7 Å². The van der Waals surface area contributed by atoms with Crippen LogP contribution < -0.4 is 0 Å². The van der Waals surface area contributed by atoms with Gasteiger partial charge in [0.05, 0.1) is 0 Å². The van der Waals surface area contributed by atoms with Gasteiger partial charge in [-0.3, -0.25) is 14.7 Å². The normalized spacial score (nSPS) is 18.9. The van der Waals surface area contributed by atoms with Crippen molar-refractivity contribution in [1.29, 1.82) is 0 Å². The molecule has 1 fully saturated rings. The molecule has 20 heavy (non-hydrogen) atoms. The monoisotopic (exact) mass is 275 g/mol. The summed E-state index contributed by atoms with van der Waals surface area (Å²) in [6.45, 7) is 11.7. The van der Waals surface area contributed by atoms with Gasteiger partial charge in [-0.15, -0.1) is 0 Å². The molecule has 0 bridgehead atoms. The van der Waals surface area contributed by atoms with Gasteiger partial charge >= 0.3 is 0 Å². The molecule has 4 heteroatoms. The fourth-order valence-corrected chi connectivity index (χ4v) is 2.62. The molecule has 2 heterocycles. The predicted molar refractivity (Wildman–Crippen MR) is 80.3 cm³/mol. The Labute approximate surface area is 121 Å². The maximum absolute atomic E-state index is 12.3. The van der Waals surface area contributed by atoms with Crippen LogP contribution in [-0.4, -0.2) is 46.9 Å². The van der Waals surface area contributed by atoms with Gasteiger partial charge in [0.25, 0.3) is 0 Å². The highest BCUT2D eigenvalue weighted by atomic mass is 16.2. The summed E-state index contributed by atoms with van der Waals surface area (Å²) in [6, 6.07) is 4.45. The lowest BCUT2D eigenvalue weighted by molar-refractivity contribution is -0.141. The highest BCUT2D eigenvalue weighted by Gasteiger charge is 2.30. The minimum Gasteiger partial charge on any atom is -0.340 e. The van der Waals surface area contributed by atoms with E-state index in [1.807, 2.05) is 37.9 Å². The van der Waals surface area contributed by atoms with Crippen LogP contribution in [0.5, 0.6) is 0 Å². The highest BCUT2D eigenvalue weighted by molar-refractivity contribution is 5.81. The Bertz CT molecular complexity index is 445. The van der Waals surface area contributed by atoms with Crippen LogP contribution in [0.1, 0.15) is 39.3 Å². The molecule has 1 amide bonds. The summed E-state index contributed by atoms with van der Waals surface area (Å²) >= 11 is 0. The Morgan fingerprint density at radius 1 is 1.25 bits per heavy atom. The van der Waals surface area contributed by atoms with Crippen LogP contribution in [0.15, 0.2) is 24.5 Å². The molecule has 2 rings (SSSR count). The summed E-state index contributed by atoms with van der Waals surface area (Å²) in [6.07, 6.45) is 3.73. The quantitative estimate of drug-likeness (QED) is 0.831. The fraction of sp³-hybridized carbons (Fsp3) is 0.625. The Balaban J connectivity index is 1.93. The molecular weight excluding hydrogens is 250 g/mol. The lowest BCUT2D eigenvalue weighted by Crippen LogP contribution is -2.52. The fourth-order valence-electron chi connectivity index (χ4n) is 2.62. The molecule has 1 saturated heterocycles. The van der Waals surface area contributed by atoms with Crippen LogP contribution in [0.2, 0.25) is 0 Å². The van der Waals surface area contributed by atoms with Crippen molar-refractivity contribution in [3.05, 3.63) is 30.1 Å². The van der Waals surface area contributed by atoms with E-state index in [1.54, 1.807) is 6.20 Å². The first-order chi connectivity index (χ1) is 9.39. The first kappa shape index (κ1) is 15.0. The van der Waals surface area contributed by atoms with Gasteiger partial charge in [-0.1, -0.05) is 26.8 Å². The number of amides is 1. The molecule has 1 atom stereocenters. The van der Waals surface area contributed by atoms with Gasteiger partial charge in [-0.2, -0.15) is 0 Å². The number of hydrogen-bond donors (Lipinski definition) is 0. The lowest BCUT2D eigenvalue weighted by Gasteiger charge is -2.40. The molecular formula is C16H25N3O. The first-order valence-electron chi connectivity index (χ1n) is 7.33. The van der Waals surface area contributed by atoms with Crippen molar-refractivity contribution >= 4 is 5.91 Å². The average molecular weight is 275 g/mol. The van der Waals surface area contributed by atoms with Crippen molar-refractivity contribution in [2.24, 2.45) is 5.41 Å². The Hall–Kier alpha value is -1.42. The van der Waals surface area contributed by atoms with E-state index >= 15 is 0 Å². The van der Waals surface area contributed by atoms with Gasteiger partial charge in [0.15, 0.2) is 0 Å². The van der Waals surface area contributed by atoms with Crippen LogP contribution in [-0.2, 0) is 4.79 Å². The van der Waals surface area contributed by atoms with E-state index in [1.165, 1.54) is 5.56 Å². The molecule has 4 nitrogen and oxygen atoms in total. The molecule has 0 aliphatic carbocycles. The van der Waals surface area contributed by atoms with Gasteiger partial charge < -0.3 is 4.90 Å². The second kappa shape index (κ2) is 5.92. The molecule has 0 radical (unpaired) electrons. The third-order valence-corrected chi connectivity index (χ3v) is 3.96. The van der Waals surface area contributed by atoms with Crippen molar-refractivity contribution in [2.75, 3.05) is 26.2 Å². The van der Waals surface area contributed by atoms with Crippen LogP contribution in [0.4, 0.5) is 0 Å². The summed E-state index contributed by atoms with van der Waals surface area (Å²) in [4.78, 5) is 20.9. The zero-order chi connectivity index (χ0) is 14.8. The van der Waals surface area contributed by atoms with Crippen LogP contribution >= 0.6 is 0 Å². The summed E-state index contributed by atoms with van der Waals surface area (Å²) < 4.78 is 0. The number of nitrogens with zero attached hydrogens (tertiary/aromatic N) is 3. The third-order valence-electron chi connectivity index (χ3n) is 3.96. The maximum atomic E-state index is 12.3. The van der Waals surface area contributed by atoms with E-state index in [0.29, 0.717) is 6.04 Å². The van der Waals surface area contributed by atoms with E-state index < -0.39 is 0 Å². The van der Waals surface area contributed by atoms with Crippen molar-refractivity contribution in [1.82, 2.24) is 14.8 Å². The molecule has 1 aliphatic heterocycles. The topological polar surface area (TPSA) is 36.4 Å². The molecule has 1 aliphatic rings. The van der Waals surface area contributed by atoms with E-state index in [9.17, 15) is 4.79 Å². The molecule has 110 valence electrons. The van der Waals surface area contributed by atoms with Crippen LogP contribution in [0.3, 0.4) is 0 Å². The van der Waals surface area contributed by atoms with Gasteiger partial charge in [-0.25, -0.2) is 0 Å². The lowest BCUT2D eigenvalue weighted by atomic mass is 9.94. The van der Waals surface area contributed by atoms with Gasteiger partial charge in [0, 0.05) is 50.0 Å². The van der Waals surface area contributed by atoms with E-state index in [4.69, 9.17) is 0 Å². The molecule has 0 spiro atoms. The Morgan fingerprint density at radius 3 is 2.40 bits per heavy atom. The highest BCUT2D eigenvalue weighted by Crippen LogP contribution is 2.23. The van der Waals surface area contributed by atoms with E-state index in [-0.39, 0.29) is 11.3 Å². The molecule has 1 aromatic rings. The SMILES string of the molecule is CC(c1cccnc1)N1CCN(C(=O)C(C)(C)C)CC1. The van der Waals surface area contributed by atoms with Crippen LogP contribution in [0.25, 0.3) is 0 Å². The Morgan fingerprint density at radius 2 is 1.90 bits per heavy atom. The minimum atomic E-state index is -0.281. The predicted octanol–water partition coefficient (Wildman–Crippen LogP) is 2.33. The Kier molecular flexibility index (Phi) is 4.43. The number of aromatic nitrogens is 1. The summed E-state index contributed by atoms with van der Waals surface area (Å²) in [7, 11) is 0. The zero-order valence-electron chi connectivity index (χ0n) is 13.0. The molecule has 1 aromatic heterocycles. The van der Waals surface area contributed by atoms with Gasteiger partial charge in [-0.05, 0) is 18.6 Å². The molecule has 0 N–H and O–H groups in total. The van der Waals surface area contributed by atoms with Gasteiger partial charge in [0.1, 0.15) is 0 Å². The van der Waals surface area contributed by atoms with E-state index in [2.05, 4.69) is 22.9 Å². The number of carbonyl (C=O) groups is 1. The number of hydrogen-bond acceptors (Lipinski definition) is 3.